The van der Waals surface area contributed by atoms with Crippen molar-refractivity contribution in [3.8, 4) is 23.0 Å². The van der Waals surface area contributed by atoms with Gasteiger partial charge in [0.15, 0.2) is 0 Å². The van der Waals surface area contributed by atoms with Gasteiger partial charge in [-0.05, 0) is 61.1 Å². The van der Waals surface area contributed by atoms with E-state index >= 15 is 0 Å². The Bertz CT molecular complexity index is 1830. The fraction of sp³-hybridized carbons (Fsp3) is 0.182. The minimum atomic E-state index is -0.526. The van der Waals surface area contributed by atoms with Crippen LogP contribution in [-0.4, -0.2) is 12.1 Å². The molecule has 1 saturated carbocycles. The van der Waals surface area contributed by atoms with Gasteiger partial charge in [-0.25, -0.2) is 0 Å². The first-order valence-corrected chi connectivity index (χ1v) is 17.2. The van der Waals surface area contributed by atoms with E-state index < -0.39 is 11.1 Å². The van der Waals surface area contributed by atoms with Crippen molar-refractivity contribution < 1.29 is 9.47 Å². The van der Waals surface area contributed by atoms with E-state index in [2.05, 4.69) is 168 Å². The van der Waals surface area contributed by atoms with Crippen LogP contribution in [0.3, 0.4) is 0 Å². The Labute approximate surface area is 282 Å². The standard InChI is InChI=1S/C44H38N2O2/c1-3-15-31(16-4-1)43(35-19-7-11-23-39(35)47-40-24-12-8-20-36(40)43)45-33-27-29-34(30-28-33)46-44(32-17-5-2-6-18-32)37-21-9-13-25-41(37)48-42-26-14-10-22-38(42)44/h1-26,33-34,45-46H,27-30H2. The van der Waals surface area contributed by atoms with Crippen molar-refractivity contribution in [2.75, 3.05) is 0 Å². The molecule has 1 fully saturated rings. The number of hydrogen-bond acceptors (Lipinski definition) is 4. The minimum Gasteiger partial charge on any atom is -0.457 e. The third kappa shape index (κ3) is 4.59. The van der Waals surface area contributed by atoms with E-state index in [0.29, 0.717) is 12.1 Å². The first-order valence-electron chi connectivity index (χ1n) is 17.2. The van der Waals surface area contributed by atoms with Crippen LogP contribution in [0.25, 0.3) is 0 Å². The van der Waals surface area contributed by atoms with E-state index in [1.807, 2.05) is 0 Å². The Balaban J connectivity index is 1.07. The normalized spacial score (nSPS) is 19.8. The maximum atomic E-state index is 6.50. The molecule has 6 aromatic carbocycles. The van der Waals surface area contributed by atoms with Gasteiger partial charge in [-0.15, -0.1) is 0 Å². The zero-order valence-electron chi connectivity index (χ0n) is 26.8. The number of rotatable bonds is 6. The van der Waals surface area contributed by atoms with Crippen molar-refractivity contribution >= 4 is 0 Å². The number of hydrogen-bond donors (Lipinski definition) is 2. The van der Waals surface area contributed by atoms with E-state index in [1.165, 1.54) is 11.1 Å². The Morgan fingerprint density at radius 1 is 0.354 bits per heavy atom. The lowest BCUT2D eigenvalue weighted by Gasteiger charge is -2.47. The number of fused-ring (bicyclic) bond motifs is 4. The summed E-state index contributed by atoms with van der Waals surface area (Å²) >= 11 is 0. The monoisotopic (exact) mass is 626 g/mol. The minimum absolute atomic E-state index is 0.310. The van der Waals surface area contributed by atoms with Crippen LogP contribution in [0.5, 0.6) is 23.0 Å². The topological polar surface area (TPSA) is 42.5 Å². The number of ether oxygens (including phenoxy) is 2. The largest absolute Gasteiger partial charge is 0.457 e. The summed E-state index contributed by atoms with van der Waals surface area (Å²) in [7, 11) is 0. The third-order valence-corrected chi connectivity index (χ3v) is 10.6. The molecular weight excluding hydrogens is 588 g/mol. The van der Waals surface area contributed by atoms with Gasteiger partial charge in [0.2, 0.25) is 0 Å². The van der Waals surface area contributed by atoms with Gasteiger partial charge in [-0.2, -0.15) is 0 Å². The Hall–Kier alpha value is -5.16. The molecular formula is C44H38N2O2. The molecule has 2 aliphatic heterocycles. The molecule has 0 radical (unpaired) electrons. The molecule has 0 atom stereocenters. The molecule has 0 unspecified atom stereocenters. The predicted molar refractivity (Wildman–Crippen MR) is 191 cm³/mol. The van der Waals surface area contributed by atoms with Gasteiger partial charge < -0.3 is 9.47 Å². The van der Waals surface area contributed by atoms with Crippen molar-refractivity contribution in [3.63, 3.8) is 0 Å². The maximum Gasteiger partial charge on any atom is 0.133 e. The lowest BCUT2D eigenvalue weighted by atomic mass is 9.72. The average Bonchev–Trinajstić information content (AvgIpc) is 3.16. The lowest BCUT2D eigenvalue weighted by molar-refractivity contribution is 0.238. The van der Waals surface area contributed by atoms with Gasteiger partial charge in [0.1, 0.15) is 34.1 Å². The van der Waals surface area contributed by atoms with Crippen LogP contribution in [0.4, 0.5) is 0 Å². The fourth-order valence-corrected chi connectivity index (χ4v) is 8.46. The summed E-state index contributed by atoms with van der Waals surface area (Å²) in [5.41, 5.74) is 6.05. The van der Waals surface area contributed by atoms with Crippen molar-refractivity contribution in [2.45, 2.75) is 48.8 Å². The fourth-order valence-electron chi connectivity index (χ4n) is 8.46. The van der Waals surface area contributed by atoms with Crippen LogP contribution in [0, 0.1) is 0 Å². The lowest BCUT2D eigenvalue weighted by Crippen LogP contribution is -2.55. The molecule has 4 heteroatoms. The highest BCUT2D eigenvalue weighted by molar-refractivity contribution is 5.64. The zero-order valence-corrected chi connectivity index (χ0v) is 26.8. The summed E-state index contributed by atoms with van der Waals surface area (Å²) in [6, 6.07) is 56.5. The van der Waals surface area contributed by atoms with Gasteiger partial charge in [0.25, 0.3) is 0 Å². The van der Waals surface area contributed by atoms with Gasteiger partial charge >= 0.3 is 0 Å². The molecule has 0 aromatic heterocycles. The number of para-hydroxylation sites is 4. The van der Waals surface area contributed by atoms with Crippen LogP contribution in [-0.2, 0) is 11.1 Å². The van der Waals surface area contributed by atoms with Crippen LogP contribution in [0.15, 0.2) is 158 Å². The van der Waals surface area contributed by atoms with Crippen molar-refractivity contribution in [3.05, 3.63) is 191 Å². The molecule has 6 aromatic rings. The molecule has 236 valence electrons. The molecule has 0 amide bonds. The Morgan fingerprint density at radius 3 is 0.938 bits per heavy atom. The third-order valence-electron chi connectivity index (χ3n) is 10.6. The molecule has 4 nitrogen and oxygen atoms in total. The smallest absolute Gasteiger partial charge is 0.133 e. The highest BCUT2D eigenvalue weighted by Gasteiger charge is 2.47. The van der Waals surface area contributed by atoms with E-state index in [9.17, 15) is 0 Å². The van der Waals surface area contributed by atoms with Crippen LogP contribution in [0.1, 0.15) is 59.1 Å². The SMILES string of the molecule is c1ccc(C2(NC3CCC(NC4(c5ccccc5)c5ccccc5Oc5ccccc54)CC3)c3ccccc3Oc3ccccc32)cc1. The average molecular weight is 627 g/mol. The van der Waals surface area contributed by atoms with E-state index in [4.69, 9.17) is 9.47 Å². The van der Waals surface area contributed by atoms with E-state index in [-0.39, 0.29) is 0 Å². The summed E-state index contributed by atoms with van der Waals surface area (Å²) in [5, 5.41) is 8.54. The van der Waals surface area contributed by atoms with Gasteiger partial charge in [0, 0.05) is 34.3 Å². The van der Waals surface area contributed by atoms with Gasteiger partial charge in [-0.3, -0.25) is 10.6 Å². The second-order valence-corrected chi connectivity index (χ2v) is 13.3. The van der Waals surface area contributed by atoms with E-state index in [0.717, 1.165) is 70.9 Å². The molecule has 9 rings (SSSR count). The first-order chi connectivity index (χ1) is 23.8. The quantitative estimate of drug-likeness (QED) is 0.193. The molecule has 1 aliphatic carbocycles. The van der Waals surface area contributed by atoms with Gasteiger partial charge in [-0.1, -0.05) is 133 Å². The predicted octanol–water partition coefficient (Wildman–Crippen LogP) is 9.67. The first kappa shape index (κ1) is 29.0. The zero-order chi connectivity index (χ0) is 32.0. The van der Waals surface area contributed by atoms with Crippen LogP contribution >= 0.6 is 0 Å². The summed E-state index contributed by atoms with van der Waals surface area (Å²) in [6.07, 6.45) is 4.18. The summed E-state index contributed by atoms with van der Waals surface area (Å²) in [4.78, 5) is 0. The highest BCUT2D eigenvalue weighted by atomic mass is 16.5. The summed E-state index contributed by atoms with van der Waals surface area (Å²) < 4.78 is 13.0. The van der Waals surface area contributed by atoms with Gasteiger partial charge in [0.05, 0.1) is 0 Å². The second kappa shape index (κ2) is 11.8. The molecule has 3 aliphatic rings. The molecule has 2 N–H and O–H groups in total. The Kier molecular flexibility index (Phi) is 7.14. The maximum absolute atomic E-state index is 6.50. The molecule has 0 bridgehead atoms. The highest BCUT2D eigenvalue weighted by Crippen LogP contribution is 2.52. The summed E-state index contributed by atoms with van der Waals surface area (Å²) in [6.45, 7) is 0. The van der Waals surface area contributed by atoms with Crippen LogP contribution in [0.2, 0.25) is 0 Å². The Morgan fingerprint density at radius 2 is 0.625 bits per heavy atom. The number of nitrogens with one attached hydrogen (secondary N) is 2. The summed E-state index contributed by atoms with van der Waals surface area (Å²) in [5.74, 6) is 3.63. The van der Waals surface area contributed by atoms with Crippen molar-refractivity contribution in [2.24, 2.45) is 0 Å². The molecule has 2 heterocycles. The second-order valence-electron chi connectivity index (χ2n) is 13.3. The van der Waals surface area contributed by atoms with Crippen molar-refractivity contribution in [1.82, 2.24) is 10.6 Å². The molecule has 0 saturated heterocycles. The van der Waals surface area contributed by atoms with Crippen molar-refractivity contribution in [1.29, 1.82) is 0 Å². The van der Waals surface area contributed by atoms with Crippen LogP contribution < -0.4 is 20.1 Å². The van der Waals surface area contributed by atoms with E-state index in [1.54, 1.807) is 0 Å². The molecule has 0 spiro atoms. The number of benzene rings is 6. The molecule has 48 heavy (non-hydrogen) atoms.